The molecule has 4 atom stereocenters. The highest BCUT2D eigenvalue weighted by Gasteiger charge is 2.32. The number of H-pyrrole nitrogens is 1. The van der Waals surface area contributed by atoms with E-state index in [0.717, 1.165) is 0 Å². The zero-order valence-electron chi connectivity index (χ0n) is 22.0. The average Bonchev–Trinajstić information content (AvgIpc) is 3.45. The van der Waals surface area contributed by atoms with E-state index in [4.69, 9.17) is 5.73 Å². The van der Waals surface area contributed by atoms with Crippen molar-refractivity contribution in [3.63, 3.8) is 0 Å². The zero-order valence-corrected chi connectivity index (χ0v) is 22.0. The Morgan fingerprint density at radius 1 is 0.732 bits per heavy atom. The van der Waals surface area contributed by atoms with E-state index in [1.165, 1.54) is 12.5 Å². The van der Waals surface area contributed by atoms with E-state index in [2.05, 4.69) is 25.9 Å². The third-order valence-electron chi connectivity index (χ3n) is 6.16. The van der Waals surface area contributed by atoms with E-state index in [-0.39, 0.29) is 19.3 Å². The minimum atomic E-state index is -1.62. The molecule has 13 nitrogen and oxygen atoms in total. The van der Waals surface area contributed by atoms with Gasteiger partial charge in [-0.2, -0.15) is 0 Å². The number of benzene rings is 2. The minimum Gasteiger partial charge on any atom is -0.481 e. The second kappa shape index (κ2) is 14.9. The Balaban J connectivity index is 1.75. The van der Waals surface area contributed by atoms with Crippen molar-refractivity contribution < 1.29 is 34.2 Å². The van der Waals surface area contributed by atoms with Crippen LogP contribution in [-0.4, -0.2) is 74.0 Å². The van der Waals surface area contributed by atoms with Crippen LogP contribution in [0.2, 0.25) is 0 Å². The lowest BCUT2D eigenvalue weighted by Gasteiger charge is -2.25. The molecule has 0 aliphatic heterocycles. The standard InChI is InChI=1S/C28H32N6O7/c29-20(13-19-15-30-16-31-19)25(37)32-21(11-17-7-3-1-4-8-17)26(38)33-22(14-24(35)36)27(39)34-23(28(40)41)12-18-9-5-2-6-10-18/h1-10,15-16,20-23H,11-14,29H2,(H,30,31)(H,32,37)(H,33,38)(H,34,39)(H,35,36)(H,40,41). The van der Waals surface area contributed by atoms with Gasteiger partial charge >= 0.3 is 11.9 Å². The van der Waals surface area contributed by atoms with Crippen LogP contribution in [0, 0.1) is 0 Å². The first kappa shape index (κ1) is 30.5. The Labute approximate surface area is 235 Å². The number of hydrogen-bond donors (Lipinski definition) is 7. The predicted molar refractivity (Wildman–Crippen MR) is 146 cm³/mol. The summed E-state index contributed by atoms with van der Waals surface area (Å²) >= 11 is 0. The zero-order chi connectivity index (χ0) is 29.8. The van der Waals surface area contributed by atoms with E-state index in [9.17, 15) is 34.2 Å². The Hall–Kier alpha value is -5.04. The summed E-state index contributed by atoms with van der Waals surface area (Å²) in [4.78, 5) is 69.4. The molecule has 3 aromatic rings. The molecular weight excluding hydrogens is 532 g/mol. The first-order valence-corrected chi connectivity index (χ1v) is 12.8. The van der Waals surface area contributed by atoms with Gasteiger partial charge in [-0.1, -0.05) is 60.7 Å². The van der Waals surface area contributed by atoms with Crippen LogP contribution >= 0.6 is 0 Å². The number of aliphatic carboxylic acids is 2. The average molecular weight is 565 g/mol. The number of nitrogens with zero attached hydrogens (tertiary/aromatic N) is 1. The van der Waals surface area contributed by atoms with E-state index in [1.54, 1.807) is 60.7 Å². The molecule has 0 aliphatic carbocycles. The maximum atomic E-state index is 13.4. The van der Waals surface area contributed by atoms with Crippen LogP contribution in [0.1, 0.15) is 23.2 Å². The molecule has 1 heterocycles. The number of carbonyl (C=O) groups is 5. The molecule has 0 saturated carbocycles. The first-order valence-electron chi connectivity index (χ1n) is 12.8. The summed E-state index contributed by atoms with van der Waals surface area (Å²) in [6, 6.07) is 12.0. The number of carboxylic acids is 2. The van der Waals surface area contributed by atoms with Crippen LogP contribution < -0.4 is 21.7 Å². The Morgan fingerprint density at radius 2 is 1.24 bits per heavy atom. The molecule has 41 heavy (non-hydrogen) atoms. The summed E-state index contributed by atoms with van der Waals surface area (Å²) < 4.78 is 0. The maximum absolute atomic E-state index is 13.4. The molecule has 0 bridgehead atoms. The topological polar surface area (TPSA) is 217 Å². The van der Waals surface area contributed by atoms with Crippen LogP contribution in [-0.2, 0) is 43.2 Å². The van der Waals surface area contributed by atoms with Gasteiger partial charge in [-0.3, -0.25) is 19.2 Å². The minimum absolute atomic E-state index is 0.0162. The Kier molecular flexibility index (Phi) is 11.1. The van der Waals surface area contributed by atoms with E-state index in [0.29, 0.717) is 16.8 Å². The number of aromatic amines is 1. The summed E-state index contributed by atoms with van der Waals surface area (Å²) in [5.41, 5.74) is 7.95. The maximum Gasteiger partial charge on any atom is 0.326 e. The monoisotopic (exact) mass is 564 g/mol. The molecule has 0 radical (unpaired) electrons. The molecule has 1 aromatic heterocycles. The van der Waals surface area contributed by atoms with Crippen molar-refractivity contribution in [3.8, 4) is 0 Å². The molecule has 13 heteroatoms. The smallest absolute Gasteiger partial charge is 0.326 e. The van der Waals surface area contributed by atoms with Crippen molar-refractivity contribution in [1.82, 2.24) is 25.9 Å². The number of imidazole rings is 1. The summed E-state index contributed by atoms with van der Waals surface area (Å²) in [6.07, 6.45) is 2.21. The quantitative estimate of drug-likeness (QED) is 0.130. The molecule has 0 aliphatic rings. The lowest BCUT2D eigenvalue weighted by atomic mass is 10.0. The van der Waals surface area contributed by atoms with E-state index < -0.39 is 60.2 Å². The predicted octanol–water partition coefficient (Wildman–Crippen LogP) is -0.221. The molecule has 8 N–H and O–H groups in total. The first-order chi connectivity index (χ1) is 19.6. The van der Waals surface area contributed by atoms with Crippen molar-refractivity contribution in [2.45, 2.75) is 49.9 Å². The molecule has 0 saturated heterocycles. The fourth-order valence-electron chi connectivity index (χ4n) is 4.04. The summed E-state index contributed by atoms with van der Waals surface area (Å²) in [5.74, 6) is -5.21. The number of carboxylic acid groups (broad SMARTS) is 2. The van der Waals surface area contributed by atoms with Gasteiger partial charge in [0.1, 0.15) is 18.1 Å². The van der Waals surface area contributed by atoms with Crippen LogP contribution in [0.5, 0.6) is 0 Å². The van der Waals surface area contributed by atoms with Crippen LogP contribution in [0.3, 0.4) is 0 Å². The summed E-state index contributed by atoms with van der Waals surface area (Å²) in [5, 5.41) is 26.3. The largest absolute Gasteiger partial charge is 0.481 e. The molecule has 4 unspecified atom stereocenters. The fourth-order valence-corrected chi connectivity index (χ4v) is 4.04. The summed E-state index contributed by atoms with van der Waals surface area (Å²) in [7, 11) is 0. The Bertz CT molecular complexity index is 1320. The number of hydrogen-bond acceptors (Lipinski definition) is 7. The van der Waals surface area contributed by atoms with Crippen LogP contribution in [0.4, 0.5) is 0 Å². The van der Waals surface area contributed by atoms with E-state index in [1.807, 2.05) is 0 Å². The van der Waals surface area contributed by atoms with Gasteiger partial charge in [0, 0.05) is 31.2 Å². The van der Waals surface area contributed by atoms with Gasteiger partial charge in [-0.25, -0.2) is 9.78 Å². The van der Waals surface area contributed by atoms with Gasteiger partial charge in [0.05, 0.1) is 18.8 Å². The molecule has 216 valence electrons. The highest BCUT2D eigenvalue weighted by atomic mass is 16.4. The SMILES string of the molecule is NC(Cc1cnc[nH]1)C(=O)NC(Cc1ccccc1)C(=O)NC(CC(=O)O)C(=O)NC(Cc1ccccc1)C(=O)O. The lowest BCUT2D eigenvalue weighted by molar-refractivity contribution is -0.143. The number of nitrogens with two attached hydrogens (primary N) is 1. The Morgan fingerprint density at radius 3 is 1.76 bits per heavy atom. The highest BCUT2D eigenvalue weighted by molar-refractivity contribution is 5.95. The summed E-state index contributed by atoms with van der Waals surface area (Å²) in [6.45, 7) is 0. The van der Waals surface area contributed by atoms with Crippen molar-refractivity contribution in [3.05, 3.63) is 90.0 Å². The normalized spacial score (nSPS) is 13.7. The number of nitrogens with one attached hydrogen (secondary N) is 4. The third kappa shape index (κ3) is 9.89. The van der Waals surface area contributed by atoms with Gasteiger partial charge in [-0.15, -0.1) is 0 Å². The lowest BCUT2D eigenvalue weighted by Crippen LogP contribution is -2.58. The van der Waals surface area contributed by atoms with Crippen LogP contribution in [0.25, 0.3) is 0 Å². The highest BCUT2D eigenvalue weighted by Crippen LogP contribution is 2.08. The van der Waals surface area contributed by atoms with Gasteiger partial charge in [0.2, 0.25) is 17.7 Å². The number of aromatic nitrogens is 2. The molecule has 3 rings (SSSR count). The van der Waals surface area contributed by atoms with Crippen LogP contribution in [0.15, 0.2) is 73.2 Å². The molecule has 0 spiro atoms. The van der Waals surface area contributed by atoms with Gasteiger partial charge in [0.15, 0.2) is 0 Å². The van der Waals surface area contributed by atoms with Crippen molar-refractivity contribution >= 4 is 29.7 Å². The van der Waals surface area contributed by atoms with E-state index >= 15 is 0 Å². The third-order valence-corrected chi connectivity index (χ3v) is 6.16. The fraction of sp³-hybridized carbons (Fsp3) is 0.286. The second-order valence-electron chi connectivity index (χ2n) is 9.39. The second-order valence-corrected chi connectivity index (χ2v) is 9.39. The van der Waals surface area contributed by atoms with Gasteiger partial charge in [-0.05, 0) is 11.1 Å². The number of carbonyl (C=O) groups excluding carboxylic acids is 3. The van der Waals surface area contributed by atoms with Crippen molar-refractivity contribution in [2.24, 2.45) is 5.73 Å². The van der Waals surface area contributed by atoms with Crippen molar-refractivity contribution in [1.29, 1.82) is 0 Å². The molecule has 2 aromatic carbocycles. The number of amides is 3. The molecule has 3 amide bonds. The van der Waals surface area contributed by atoms with Gasteiger partial charge < -0.3 is 36.9 Å². The van der Waals surface area contributed by atoms with Gasteiger partial charge in [0.25, 0.3) is 0 Å². The van der Waals surface area contributed by atoms with Crippen molar-refractivity contribution in [2.75, 3.05) is 0 Å². The molecular formula is C28H32N6O7. The molecule has 0 fully saturated rings. The number of rotatable bonds is 15.